The van der Waals surface area contributed by atoms with Crippen LogP contribution >= 0.6 is 24.8 Å². The van der Waals surface area contributed by atoms with Gasteiger partial charge in [-0.2, -0.15) is 0 Å². The molecular weight excluding hydrogens is 357 g/mol. The lowest BCUT2D eigenvalue weighted by Gasteiger charge is -2.44. The molecule has 2 N–H and O–H groups in total. The summed E-state index contributed by atoms with van der Waals surface area (Å²) in [5, 5.41) is 0. The number of hydrogen-bond acceptors (Lipinski definition) is 3. The molecule has 0 spiro atoms. The smallest absolute Gasteiger partial charge is 0.222 e. The SMILES string of the molecule is Cl.Cl.NC1[C@@H]2CC[C@H]1CN(C1CCC(=O)N(Cc3ccccc3)C1)C2. The van der Waals surface area contributed by atoms with E-state index in [1.807, 2.05) is 18.2 Å². The lowest BCUT2D eigenvalue weighted by atomic mass is 9.90. The van der Waals surface area contributed by atoms with Gasteiger partial charge in [0.2, 0.25) is 5.91 Å². The predicted octanol–water partition coefficient (Wildman–Crippen LogP) is 2.69. The normalized spacial score (nSPS) is 32.0. The third kappa shape index (κ3) is 4.30. The molecule has 25 heavy (non-hydrogen) atoms. The maximum atomic E-state index is 12.3. The number of nitrogens with two attached hydrogens (primary N) is 1. The summed E-state index contributed by atoms with van der Waals surface area (Å²) in [6.45, 7) is 3.89. The molecule has 2 bridgehead atoms. The summed E-state index contributed by atoms with van der Waals surface area (Å²) in [6.07, 6.45) is 4.29. The minimum Gasteiger partial charge on any atom is -0.337 e. The van der Waals surface area contributed by atoms with Gasteiger partial charge < -0.3 is 10.6 Å². The third-order valence-electron chi connectivity index (χ3n) is 6.14. The number of halogens is 2. The number of rotatable bonds is 3. The van der Waals surface area contributed by atoms with Gasteiger partial charge in [-0.1, -0.05) is 30.3 Å². The predicted molar refractivity (Wildman–Crippen MR) is 105 cm³/mol. The zero-order valence-electron chi connectivity index (χ0n) is 14.5. The number of carbonyl (C=O) groups is 1. The van der Waals surface area contributed by atoms with Crippen molar-refractivity contribution in [1.82, 2.24) is 9.80 Å². The van der Waals surface area contributed by atoms with Crippen molar-refractivity contribution in [1.29, 1.82) is 0 Å². The third-order valence-corrected chi connectivity index (χ3v) is 6.14. The number of fused-ring (bicyclic) bond motifs is 2. The molecule has 6 heteroatoms. The van der Waals surface area contributed by atoms with E-state index in [0.717, 1.165) is 32.6 Å². The monoisotopic (exact) mass is 385 g/mol. The van der Waals surface area contributed by atoms with Gasteiger partial charge in [0.1, 0.15) is 0 Å². The standard InChI is InChI=1S/C19H27N3O.2ClH/c20-19-15-6-7-16(19)12-21(11-15)17-8-9-18(23)22(13-17)10-14-4-2-1-3-5-14;;/h1-5,15-17,19H,6-13,20H2;2*1H/t15-,16+,17?,19?;;. The molecule has 0 aromatic heterocycles. The highest BCUT2D eigenvalue weighted by molar-refractivity contribution is 5.85. The van der Waals surface area contributed by atoms with Crippen LogP contribution in [0.1, 0.15) is 31.2 Å². The largest absolute Gasteiger partial charge is 0.337 e. The van der Waals surface area contributed by atoms with Gasteiger partial charge in [0.05, 0.1) is 0 Å². The van der Waals surface area contributed by atoms with Crippen molar-refractivity contribution in [3.8, 4) is 0 Å². The Morgan fingerprint density at radius 1 is 0.960 bits per heavy atom. The van der Waals surface area contributed by atoms with Crippen LogP contribution in [0.3, 0.4) is 0 Å². The number of benzene rings is 1. The van der Waals surface area contributed by atoms with Crippen LogP contribution in [0.4, 0.5) is 0 Å². The van der Waals surface area contributed by atoms with Gasteiger partial charge in [-0.25, -0.2) is 0 Å². The number of likely N-dealkylation sites (tertiary alicyclic amines) is 2. The second-order valence-electron chi connectivity index (χ2n) is 7.58. The van der Waals surface area contributed by atoms with Crippen LogP contribution in [0.15, 0.2) is 30.3 Å². The van der Waals surface area contributed by atoms with Crippen molar-refractivity contribution in [3.63, 3.8) is 0 Å². The number of amides is 1. The highest BCUT2D eigenvalue weighted by Gasteiger charge is 2.42. The van der Waals surface area contributed by atoms with E-state index >= 15 is 0 Å². The van der Waals surface area contributed by atoms with Crippen molar-refractivity contribution < 1.29 is 4.79 Å². The summed E-state index contributed by atoms with van der Waals surface area (Å²) in [5.74, 6) is 1.66. The highest BCUT2D eigenvalue weighted by Crippen LogP contribution is 2.37. The van der Waals surface area contributed by atoms with Crippen molar-refractivity contribution in [3.05, 3.63) is 35.9 Å². The van der Waals surface area contributed by atoms with E-state index in [1.54, 1.807) is 0 Å². The molecule has 1 aromatic rings. The van der Waals surface area contributed by atoms with Crippen LogP contribution in [-0.2, 0) is 11.3 Å². The minimum atomic E-state index is 0. The quantitative estimate of drug-likeness (QED) is 0.869. The van der Waals surface area contributed by atoms with E-state index < -0.39 is 0 Å². The minimum absolute atomic E-state index is 0. The second kappa shape index (κ2) is 8.72. The summed E-state index contributed by atoms with van der Waals surface area (Å²) in [7, 11) is 0. The van der Waals surface area contributed by atoms with Gasteiger partial charge >= 0.3 is 0 Å². The summed E-state index contributed by atoms with van der Waals surface area (Å²) in [6, 6.07) is 11.3. The maximum absolute atomic E-state index is 12.3. The number of piperidine rings is 2. The zero-order chi connectivity index (χ0) is 15.8. The van der Waals surface area contributed by atoms with Gasteiger partial charge in [-0.15, -0.1) is 24.8 Å². The fourth-order valence-electron chi connectivity index (χ4n) is 4.75. The molecular formula is C19H29Cl2N3O. The fraction of sp³-hybridized carbons (Fsp3) is 0.632. The Morgan fingerprint density at radius 2 is 1.60 bits per heavy atom. The second-order valence-corrected chi connectivity index (χ2v) is 7.58. The molecule has 2 heterocycles. The van der Waals surface area contributed by atoms with Gasteiger partial charge in [0, 0.05) is 44.7 Å². The summed E-state index contributed by atoms with van der Waals surface area (Å²) in [4.78, 5) is 17.0. The average Bonchev–Trinajstić information content (AvgIpc) is 2.79. The summed E-state index contributed by atoms with van der Waals surface area (Å²) < 4.78 is 0. The lowest BCUT2D eigenvalue weighted by Crippen LogP contribution is -2.56. The highest BCUT2D eigenvalue weighted by atomic mass is 35.5. The number of hydrogen-bond donors (Lipinski definition) is 1. The molecule has 3 aliphatic rings. The molecule has 2 aliphatic heterocycles. The first-order valence-corrected chi connectivity index (χ1v) is 9.02. The van der Waals surface area contributed by atoms with E-state index in [2.05, 4.69) is 21.9 Å². The first-order valence-electron chi connectivity index (χ1n) is 9.02. The molecule has 2 unspecified atom stereocenters. The molecule has 3 fully saturated rings. The molecule has 1 aromatic carbocycles. The molecule has 1 aliphatic carbocycles. The number of carbonyl (C=O) groups excluding carboxylic acids is 1. The van der Waals surface area contributed by atoms with Crippen molar-refractivity contribution >= 4 is 30.7 Å². The summed E-state index contributed by atoms with van der Waals surface area (Å²) in [5.41, 5.74) is 7.56. The molecule has 4 nitrogen and oxygen atoms in total. The van der Waals surface area contributed by atoms with E-state index in [9.17, 15) is 4.79 Å². The van der Waals surface area contributed by atoms with Crippen molar-refractivity contribution in [2.45, 2.75) is 44.3 Å². The first-order chi connectivity index (χ1) is 11.2. The molecule has 2 saturated heterocycles. The Kier molecular flexibility index (Phi) is 7.15. The molecule has 1 saturated carbocycles. The zero-order valence-corrected chi connectivity index (χ0v) is 16.2. The van der Waals surface area contributed by atoms with E-state index in [-0.39, 0.29) is 24.8 Å². The fourth-order valence-corrected chi connectivity index (χ4v) is 4.75. The van der Waals surface area contributed by atoms with Crippen LogP contribution in [0.2, 0.25) is 0 Å². The van der Waals surface area contributed by atoms with Crippen molar-refractivity contribution in [2.24, 2.45) is 17.6 Å². The van der Waals surface area contributed by atoms with Crippen LogP contribution in [0, 0.1) is 11.8 Å². The van der Waals surface area contributed by atoms with Gasteiger partial charge in [-0.3, -0.25) is 9.69 Å². The van der Waals surface area contributed by atoms with E-state index in [4.69, 9.17) is 5.73 Å². The molecule has 1 amide bonds. The first kappa shape index (κ1) is 20.5. The Morgan fingerprint density at radius 3 is 2.24 bits per heavy atom. The van der Waals surface area contributed by atoms with Crippen molar-refractivity contribution in [2.75, 3.05) is 19.6 Å². The van der Waals surface area contributed by atoms with Crippen LogP contribution in [0.5, 0.6) is 0 Å². The summed E-state index contributed by atoms with van der Waals surface area (Å²) >= 11 is 0. The Hall–Kier alpha value is -0.810. The Balaban J connectivity index is 0.00000113. The average molecular weight is 386 g/mol. The van der Waals surface area contributed by atoms with E-state index in [1.165, 1.54) is 18.4 Å². The molecule has 4 atom stereocenters. The maximum Gasteiger partial charge on any atom is 0.222 e. The molecule has 0 radical (unpaired) electrons. The van der Waals surface area contributed by atoms with E-state index in [0.29, 0.717) is 36.2 Å². The van der Waals surface area contributed by atoms with Gasteiger partial charge in [-0.05, 0) is 36.7 Å². The van der Waals surface area contributed by atoms with Crippen LogP contribution < -0.4 is 5.73 Å². The van der Waals surface area contributed by atoms with Crippen LogP contribution in [-0.4, -0.2) is 47.4 Å². The van der Waals surface area contributed by atoms with Gasteiger partial charge in [0.15, 0.2) is 0 Å². The lowest BCUT2D eigenvalue weighted by molar-refractivity contribution is -0.136. The Labute approximate surface area is 162 Å². The number of nitrogens with zero attached hydrogens (tertiary/aromatic N) is 2. The van der Waals surface area contributed by atoms with Gasteiger partial charge in [0.25, 0.3) is 0 Å². The molecule has 4 rings (SSSR count). The molecule has 140 valence electrons. The Bertz CT molecular complexity index is 557. The topological polar surface area (TPSA) is 49.6 Å². The van der Waals surface area contributed by atoms with Crippen LogP contribution in [0.25, 0.3) is 0 Å².